The number of likely N-dealkylation sites (N-methyl/N-ethyl adjacent to an activating group) is 1. The minimum absolute atomic E-state index is 0.412. The van der Waals surface area contributed by atoms with Crippen molar-refractivity contribution in [1.29, 1.82) is 0 Å². The Balaban J connectivity index is 1.95. The third-order valence-corrected chi connectivity index (χ3v) is 3.07. The predicted octanol–water partition coefficient (Wildman–Crippen LogP) is 2.88. The molecule has 0 spiro atoms. The van der Waals surface area contributed by atoms with Gasteiger partial charge in [-0.15, -0.1) is 0 Å². The van der Waals surface area contributed by atoms with Crippen molar-refractivity contribution < 1.29 is 0 Å². The van der Waals surface area contributed by atoms with Crippen molar-refractivity contribution in [2.24, 2.45) is 5.92 Å². The van der Waals surface area contributed by atoms with E-state index in [2.05, 4.69) is 60.9 Å². The maximum absolute atomic E-state index is 3.58. The zero-order chi connectivity index (χ0) is 12.1. The Morgan fingerprint density at radius 2 is 1.88 bits per heavy atom. The van der Waals surface area contributed by atoms with Crippen LogP contribution in [0.1, 0.15) is 26.7 Å². The van der Waals surface area contributed by atoms with Crippen LogP contribution in [0.2, 0.25) is 0 Å². The van der Waals surface area contributed by atoms with E-state index in [9.17, 15) is 0 Å². The molecule has 0 amide bonds. The van der Waals surface area contributed by atoms with Gasteiger partial charge in [-0.25, -0.2) is 0 Å². The van der Waals surface area contributed by atoms with Crippen molar-refractivity contribution in [1.82, 2.24) is 10.6 Å². The van der Waals surface area contributed by atoms with Crippen LogP contribution in [-0.2, 0) is 0 Å². The Morgan fingerprint density at radius 1 is 1.12 bits per heavy atom. The molecule has 2 atom stereocenters. The molecule has 0 fully saturated rings. The van der Waals surface area contributed by atoms with Crippen LogP contribution in [0.3, 0.4) is 0 Å². The van der Waals surface area contributed by atoms with Crippen LogP contribution in [0.25, 0.3) is 0 Å². The van der Waals surface area contributed by atoms with E-state index in [1.165, 1.54) is 11.4 Å². The Hall–Kier alpha value is -1.44. The van der Waals surface area contributed by atoms with Gasteiger partial charge in [-0.1, -0.05) is 25.2 Å². The van der Waals surface area contributed by atoms with E-state index in [-0.39, 0.29) is 0 Å². The molecule has 0 radical (unpaired) electrons. The van der Waals surface area contributed by atoms with E-state index in [0.717, 1.165) is 19.4 Å². The molecule has 0 bridgehead atoms. The van der Waals surface area contributed by atoms with E-state index in [4.69, 9.17) is 0 Å². The van der Waals surface area contributed by atoms with E-state index in [1.54, 1.807) is 0 Å². The van der Waals surface area contributed by atoms with Crippen LogP contribution in [0.4, 0.5) is 0 Å². The lowest BCUT2D eigenvalue weighted by molar-refractivity contribution is 0.643. The molecule has 0 heterocycles. The molecule has 0 aromatic rings. The Bertz CT molecular complexity index is 374. The van der Waals surface area contributed by atoms with E-state index < -0.39 is 0 Å². The summed E-state index contributed by atoms with van der Waals surface area (Å²) in [6.07, 6.45) is 15.7. The molecule has 2 N–H and O–H groups in total. The first kappa shape index (κ1) is 12.0. The highest BCUT2D eigenvalue weighted by Gasteiger charge is 2.11. The highest BCUT2D eigenvalue weighted by molar-refractivity contribution is 5.28. The average molecular weight is 230 g/mol. The van der Waals surface area contributed by atoms with Crippen LogP contribution in [-0.4, -0.2) is 12.6 Å². The summed E-state index contributed by atoms with van der Waals surface area (Å²) in [7, 11) is 0. The van der Waals surface area contributed by atoms with E-state index >= 15 is 0 Å². The molecule has 2 aliphatic carbocycles. The zero-order valence-corrected chi connectivity index (χ0v) is 10.7. The second kappa shape index (κ2) is 5.76. The van der Waals surface area contributed by atoms with Crippen LogP contribution in [0, 0.1) is 5.92 Å². The average Bonchev–Trinajstić information content (AvgIpc) is 2.30. The molecule has 17 heavy (non-hydrogen) atoms. The first-order valence-electron chi connectivity index (χ1n) is 6.55. The van der Waals surface area contributed by atoms with Crippen LogP contribution in [0.15, 0.2) is 47.9 Å². The minimum atomic E-state index is 0.412. The molecule has 2 nitrogen and oxygen atoms in total. The molecule has 92 valence electrons. The lowest BCUT2D eigenvalue weighted by Gasteiger charge is -2.22. The molecule has 0 aliphatic heterocycles. The summed E-state index contributed by atoms with van der Waals surface area (Å²) in [6, 6.07) is 0.412. The third-order valence-electron chi connectivity index (χ3n) is 3.07. The van der Waals surface area contributed by atoms with Crippen molar-refractivity contribution in [2.75, 3.05) is 6.54 Å². The molecular weight excluding hydrogens is 208 g/mol. The first-order chi connectivity index (χ1) is 8.28. The molecule has 2 unspecified atom stereocenters. The number of hydrogen-bond acceptors (Lipinski definition) is 2. The summed E-state index contributed by atoms with van der Waals surface area (Å²) < 4.78 is 0. The largest absolute Gasteiger partial charge is 0.386 e. The predicted molar refractivity (Wildman–Crippen MR) is 73.4 cm³/mol. The summed E-state index contributed by atoms with van der Waals surface area (Å²) in [5.74, 6) is 0.652. The molecular formula is C15H22N2. The highest BCUT2D eigenvalue weighted by Crippen LogP contribution is 2.16. The lowest BCUT2D eigenvalue weighted by Crippen LogP contribution is -2.29. The molecule has 2 aliphatic rings. The van der Waals surface area contributed by atoms with Gasteiger partial charge in [0.15, 0.2) is 0 Å². The van der Waals surface area contributed by atoms with Gasteiger partial charge in [0, 0.05) is 17.9 Å². The lowest BCUT2D eigenvalue weighted by atomic mass is 10.00. The van der Waals surface area contributed by atoms with Crippen molar-refractivity contribution in [3.8, 4) is 0 Å². The maximum atomic E-state index is 3.58. The smallest absolute Gasteiger partial charge is 0.0501 e. The van der Waals surface area contributed by atoms with Crippen LogP contribution in [0.5, 0.6) is 0 Å². The molecule has 0 aromatic heterocycles. The Morgan fingerprint density at radius 3 is 2.65 bits per heavy atom. The first-order valence-corrected chi connectivity index (χ1v) is 6.55. The Labute approximate surface area is 104 Å². The minimum Gasteiger partial charge on any atom is -0.386 e. The van der Waals surface area contributed by atoms with Crippen LogP contribution < -0.4 is 10.6 Å². The van der Waals surface area contributed by atoms with Gasteiger partial charge in [-0.3, -0.25) is 0 Å². The molecule has 2 rings (SSSR count). The van der Waals surface area contributed by atoms with Crippen molar-refractivity contribution >= 4 is 0 Å². The number of allylic oxidation sites excluding steroid dienone is 4. The van der Waals surface area contributed by atoms with Gasteiger partial charge in [-0.05, 0) is 43.9 Å². The number of hydrogen-bond donors (Lipinski definition) is 2. The van der Waals surface area contributed by atoms with Gasteiger partial charge in [0.05, 0.1) is 6.04 Å². The second-order valence-corrected chi connectivity index (χ2v) is 4.78. The fourth-order valence-corrected chi connectivity index (χ4v) is 2.25. The third kappa shape index (κ3) is 3.52. The van der Waals surface area contributed by atoms with E-state index in [1.807, 2.05) is 0 Å². The quantitative estimate of drug-likeness (QED) is 0.776. The van der Waals surface area contributed by atoms with Gasteiger partial charge in [0.1, 0.15) is 0 Å². The van der Waals surface area contributed by atoms with Crippen molar-refractivity contribution in [2.45, 2.75) is 32.7 Å². The monoisotopic (exact) mass is 230 g/mol. The maximum Gasteiger partial charge on any atom is 0.0501 e. The van der Waals surface area contributed by atoms with Gasteiger partial charge in [0.2, 0.25) is 0 Å². The highest BCUT2D eigenvalue weighted by atomic mass is 14.9. The SMILES string of the molecule is CCNC1=CC(NC2=CC(C)CC=C2)CC=C1. The fourth-order valence-electron chi connectivity index (χ4n) is 2.25. The van der Waals surface area contributed by atoms with Crippen molar-refractivity contribution in [3.63, 3.8) is 0 Å². The summed E-state index contributed by atoms with van der Waals surface area (Å²) in [4.78, 5) is 0. The molecule has 0 aromatic carbocycles. The van der Waals surface area contributed by atoms with Crippen molar-refractivity contribution in [3.05, 3.63) is 47.9 Å². The standard InChI is InChI=1S/C15H22N2/c1-3-16-13-7-5-9-15(11-13)17-14-8-4-6-12(2)10-14/h4-5,7-8,10-12,15-17H,3,6,9H2,1-2H3. The topological polar surface area (TPSA) is 24.1 Å². The number of nitrogens with one attached hydrogen (secondary N) is 2. The zero-order valence-electron chi connectivity index (χ0n) is 10.7. The summed E-state index contributed by atoms with van der Waals surface area (Å²) >= 11 is 0. The van der Waals surface area contributed by atoms with Gasteiger partial charge >= 0.3 is 0 Å². The Kier molecular flexibility index (Phi) is 4.08. The second-order valence-electron chi connectivity index (χ2n) is 4.78. The molecule has 0 saturated carbocycles. The summed E-state index contributed by atoms with van der Waals surface area (Å²) in [6.45, 7) is 5.36. The van der Waals surface area contributed by atoms with Gasteiger partial charge in [-0.2, -0.15) is 0 Å². The molecule has 0 saturated heterocycles. The summed E-state index contributed by atoms with van der Waals surface area (Å²) in [5, 5.41) is 6.94. The number of rotatable bonds is 4. The van der Waals surface area contributed by atoms with Crippen LogP contribution >= 0.6 is 0 Å². The molecule has 2 heteroatoms. The summed E-state index contributed by atoms with van der Waals surface area (Å²) in [5.41, 5.74) is 2.49. The van der Waals surface area contributed by atoms with E-state index in [0.29, 0.717) is 12.0 Å². The van der Waals surface area contributed by atoms with Gasteiger partial charge in [0.25, 0.3) is 0 Å². The fraction of sp³-hybridized carbons (Fsp3) is 0.467. The normalized spacial score (nSPS) is 27.4. The van der Waals surface area contributed by atoms with Gasteiger partial charge < -0.3 is 10.6 Å².